The van der Waals surface area contributed by atoms with E-state index in [1.54, 1.807) is 43.4 Å². The summed E-state index contributed by atoms with van der Waals surface area (Å²) in [4.78, 5) is 33.9. The van der Waals surface area contributed by atoms with Crippen LogP contribution in [-0.2, 0) is 0 Å². The van der Waals surface area contributed by atoms with Gasteiger partial charge in [-0.2, -0.15) is 0 Å². The summed E-state index contributed by atoms with van der Waals surface area (Å²) in [6.45, 7) is 8.71. The zero-order valence-electron chi connectivity index (χ0n) is 19.2. The first-order chi connectivity index (χ1) is 15.4. The number of carbonyl (C=O) groups excluding carboxylic acids is 2. The van der Waals surface area contributed by atoms with E-state index in [0.717, 1.165) is 17.8 Å². The Morgan fingerprint density at radius 2 is 1.50 bits per heavy atom. The second kappa shape index (κ2) is 10.6. The Hall–Kier alpha value is -2.97. The van der Waals surface area contributed by atoms with Crippen molar-refractivity contribution in [2.75, 3.05) is 45.3 Å². The number of carbonyl (C=O) groups is 2. The quantitative estimate of drug-likeness (QED) is 0.419. The van der Waals surface area contributed by atoms with E-state index in [0.29, 0.717) is 46.4 Å². The number of thiazole rings is 1. The van der Waals surface area contributed by atoms with Crippen molar-refractivity contribution in [3.05, 3.63) is 47.5 Å². The van der Waals surface area contributed by atoms with Gasteiger partial charge in [0.25, 0.3) is 5.91 Å². The first-order valence-electron chi connectivity index (χ1n) is 10.6. The smallest absolute Gasteiger partial charge is 0.260 e. The van der Waals surface area contributed by atoms with E-state index in [1.807, 2.05) is 12.1 Å². The summed E-state index contributed by atoms with van der Waals surface area (Å²) in [6, 6.07) is 10.4. The molecule has 0 saturated heterocycles. The maximum absolute atomic E-state index is 13.5. The molecule has 1 amide bonds. The molecule has 0 unspecified atom stereocenters. The molecule has 0 bridgehead atoms. The first-order valence-corrected chi connectivity index (χ1v) is 11.4. The molecular formula is C24H29N3O4S. The fourth-order valence-corrected chi connectivity index (χ4v) is 4.56. The van der Waals surface area contributed by atoms with E-state index < -0.39 is 0 Å². The minimum absolute atomic E-state index is 0.0345. The lowest BCUT2D eigenvalue weighted by molar-refractivity contribution is 0.0980. The van der Waals surface area contributed by atoms with Gasteiger partial charge in [0.05, 0.1) is 14.2 Å². The molecular weight excluding hydrogens is 426 g/mol. The highest BCUT2D eigenvalue weighted by Crippen LogP contribution is 2.40. The fourth-order valence-electron chi connectivity index (χ4n) is 3.46. The van der Waals surface area contributed by atoms with Gasteiger partial charge in [-0.1, -0.05) is 37.3 Å². The third kappa shape index (κ3) is 4.92. The van der Waals surface area contributed by atoms with Crippen molar-refractivity contribution in [3.8, 4) is 11.5 Å². The number of anilines is 1. The molecule has 3 rings (SSSR count). The van der Waals surface area contributed by atoms with Crippen molar-refractivity contribution in [1.29, 1.82) is 0 Å². The molecule has 7 nitrogen and oxygen atoms in total. The van der Waals surface area contributed by atoms with Gasteiger partial charge in [-0.3, -0.25) is 14.5 Å². The van der Waals surface area contributed by atoms with Gasteiger partial charge in [-0.15, -0.1) is 0 Å². The molecule has 0 spiro atoms. The number of likely N-dealkylation sites (N-methyl/N-ethyl adjacent to an activating group) is 1. The van der Waals surface area contributed by atoms with E-state index in [2.05, 4.69) is 18.7 Å². The molecule has 1 heterocycles. The molecule has 0 radical (unpaired) electrons. The van der Waals surface area contributed by atoms with Crippen LogP contribution in [0.2, 0.25) is 0 Å². The average Bonchev–Trinajstić information content (AvgIpc) is 3.26. The molecule has 0 fully saturated rings. The molecule has 0 aliphatic heterocycles. The molecule has 0 aliphatic rings. The van der Waals surface area contributed by atoms with E-state index in [-0.39, 0.29) is 11.7 Å². The fraction of sp³-hybridized carbons (Fsp3) is 0.375. The van der Waals surface area contributed by atoms with Crippen molar-refractivity contribution in [2.24, 2.45) is 0 Å². The predicted molar refractivity (Wildman–Crippen MR) is 129 cm³/mol. The molecule has 170 valence electrons. The topological polar surface area (TPSA) is 72.0 Å². The minimum atomic E-state index is -0.163. The monoisotopic (exact) mass is 455 g/mol. The molecule has 8 heteroatoms. The number of rotatable bonds is 10. The molecule has 1 aromatic heterocycles. The number of Topliss-reactive ketones (excluding diaryl/α,β-unsaturated/α-hetero) is 1. The van der Waals surface area contributed by atoms with Crippen LogP contribution in [-0.4, -0.2) is 62.0 Å². The number of ether oxygens (including phenoxy) is 2. The summed E-state index contributed by atoms with van der Waals surface area (Å²) in [5.74, 6) is 1.12. The van der Waals surface area contributed by atoms with Gasteiger partial charge in [0.1, 0.15) is 21.7 Å². The Morgan fingerprint density at radius 1 is 0.906 bits per heavy atom. The van der Waals surface area contributed by atoms with Crippen molar-refractivity contribution in [2.45, 2.75) is 20.8 Å². The number of methoxy groups -OCH3 is 2. The zero-order valence-corrected chi connectivity index (χ0v) is 20.0. The Morgan fingerprint density at radius 3 is 2.06 bits per heavy atom. The van der Waals surface area contributed by atoms with Gasteiger partial charge >= 0.3 is 0 Å². The maximum atomic E-state index is 13.5. The van der Waals surface area contributed by atoms with Crippen molar-refractivity contribution in [3.63, 3.8) is 0 Å². The molecule has 2 aromatic carbocycles. The summed E-state index contributed by atoms with van der Waals surface area (Å²) in [5, 5.41) is 0.579. The SMILES string of the molecule is CCN(CC)CCN(C(=O)c1ccc(C(C)=O)cc1)c1nc2c(OC)ccc(OC)c2s1. The molecule has 32 heavy (non-hydrogen) atoms. The Labute approximate surface area is 192 Å². The number of amides is 1. The Bertz CT molecular complexity index is 1050. The van der Waals surface area contributed by atoms with Crippen LogP contribution >= 0.6 is 11.3 Å². The third-order valence-electron chi connectivity index (χ3n) is 5.45. The number of ketones is 1. The largest absolute Gasteiger partial charge is 0.495 e. The van der Waals surface area contributed by atoms with Crippen LogP contribution in [0, 0.1) is 0 Å². The highest BCUT2D eigenvalue weighted by molar-refractivity contribution is 7.22. The van der Waals surface area contributed by atoms with Gasteiger partial charge in [0.2, 0.25) is 0 Å². The van der Waals surface area contributed by atoms with Crippen LogP contribution in [0.25, 0.3) is 10.2 Å². The Kier molecular flexibility index (Phi) is 7.82. The highest BCUT2D eigenvalue weighted by Gasteiger charge is 2.24. The lowest BCUT2D eigenvalue weighted by Crippen LogP contribution is -2.38. The van der Waals surface area contributed by atoms with Gasteiger partial charge in [-0.25, -0.2) is 4.98 Å². The Balaban J connectivity index is 2.04. The average molecular weight is 456 g/mol. The lowest BCUT2D eigenvalue weighted by atomic mass is 10.1. The summed E-state index contributed by atoms with van der Waals surface area (Å²) in [6.07, 6.45) is 0. The van der Waals surface area contributed by atoms with E-state index >= 15 is 0 Å². The van der Waals surface area contributed by atoms with Gasteiger partial charge in [0.15, 0.2) is 10.9 Å². The van der Waals surface area contributed by atoms with E-state index in [4.69, 9.17) is 14.5 Å². The lowest BCUT2D eigenvalue weighted by Gasteiger charge is -2.24. The second-order valence-electron chi connectivity index (χ2n) is 7.26. The van der Waals surface area contributed by atoms with Crippen molar-refractivity contribution >= 4 is 38.4 Å². The summed E-state index contributed by atoms with van der Waals surface area (Å²) < 4.78 is 11.8. The van der Waals surface area contributed by atoms with Crippen LogP contribution in [0.1, 0.15) is 41.5 Å². The van der Waals surface area contributed by atoms with Crippen LogP contribution in [0.5, 0.6) is 11.5 Å². The number of nitrogens with zero attached hydrogens (tertiary/aromatic N) is 3. The third-order valence-corrected chi connectivity index (χ3v) is 6.54. The van der Waals surface area contributed by atoms with Crippen molar-refractivity contribution < 1.29 is 19.1 Å². The van der Waals surface area contributed by atoms with E-state index in [9.17, 15) is 9.59 Å². The van der Waals surface area contributed by atoms with Crippen LogP contribution < -0.4 is 14.4 Å². The second-order valence-corrected chi connectivity index (χ2v) is 8.24. The molecule has 0 N–H and O–H groups in total. The molecule has 0 atom stereocenters. The molecule has 3 aromatic rings. The van der Waals surface area contributed by atoms with Gasteiger partial charge < -0.3 is 14.4 Å². The number of fused-ring (bicyclic) bond motifs is 1. The normalized spacial score (nSPS) is 11.1. The van der Waals surface area contributed by atoms with Crippen molar-refractivity contribution in [1.82, 2.24) is 9.88 Å². The molecule has 0 aliphatic carbocycles. The summed E-state index contributed by atoms with van der Waals surface area (Å²) >= 11 is 1.40. The predicted octanol–water partition coefficient (Wildman–Crippen LogP) is 4.50. The zero-order chi connectivity index (χ0) is 23.3. The number of benzene rings is 2. The number of hydrogen-bond acceptors (Lipinski definition) is 7. The number of hydrogen-bond donors (Lipinski definition) is 0. The van der Waals surface area contributed by atoms with Gasteiger partial charge in [0, 0.05) is 24.2 Å². The van der Waals surface area contributed by atoms with Gasteiger partial charge in [-0.05, 0) is 44.3 Å². The van der Waals surface area contributed by atoms with Crippen LogP contribution in [0.4, 0.5) is 5.13 Å². The maximum Gasteiger partial charge on any atom is 0.260 e. The molecule has 0 saturated carbocycles. The summed E-state index contributed by atoms with van der Waals surface area (Å²) in [5.41, 5.74) is 1.75. The highest BCUT2D eigenvalue weighted by atomic mass is 32.1. The first kappa shape index (κ1) is 23.7. The minimum Gasteiger partial charge on any atom is -0.495 e. The van der Waals surface area contributed by atoms with E-state index in [1.165, 1.54) is 18.3 Å². The number of aromatic nitrogens is 1. The van der Waals surface area contributed by atoms with Crippen LogP contribution in [0.3, 0.4) is 0 Å². The standard InChI is InChI=1S/C24H29N3O4S/c1-6-26(7-2)14-15-27(23(29)18-10-8-17(9-11-18)16(3)28)24-25-21-19(30-4)12-13-20(31-5)22(21)32-24/h8-13H,6-7,14-15H2,1-5H3. The van der Waals surface area contributed by atoms with Crippen LogP contribution in [0.15, 0.2) is 36.4 Å². The summed E-state index contributed by atoms with van der Waals surface area (Å²) in [7, 11) is 3.21.